The van der Waals surface area contributed by atoms with Gasteiger partial charge in [-0.1, -0.05) is 0 Å². The maximum atomic E-state index is 11.5. The molecule has 0 aliphatic heterocycles. The number of pyridine rings is 1. The van der Waals surface area contributed by atoms with Crippen molar-refractivity contribution in [1.82, 2.24) is 19.7 Å². The molecule has 0 aliphatic rings. The third kappa shape index (κ3) is 2.53. The first-order valence-electron chi connectivity index (χ1n) is 4.59. The molecule has 0 radical (unpaired) electrons. The zero-order valence-electron chi connectivity index (χ0n) is 8.37. The first-order chi connectivity index (χ1) is 7.74. The van der Waals surface area contributed by atoms with E-state index in [4.69, 9.17) is 5.73 Å². The quantitative estimate of drug-likeness (QED) is 0.749. The first-order valence-corrected chi connectivity index (χ1v) is 4.59. The molecular formula is C9H10N6O. The Kier molecular flexibility index (Phi) is 2.77. The summed E-state index contributed by atoms with van der Waals surface area (Å²) in [6.07, 6.45) is 4.60. The molecule has 3 N–H and O–H groups in total. The monoisotopic (exact) mass is 218 g/mol. The van der Waals surface area contributed by atoms with Gasteiger partial charge in [0.1, 0.15) is 12.9 Å². The van der Waals surface area contributed by atoms with Gasteiger partial charge in [-0.3, -0.25) is 9.78 Å². The fraction of sp³-hybridized carbons (Fsp3) is 0.111. The molecule has 82 valence electrons. The minimum absolute atomic E-state index is 0.0759. The summed E-state index contributed by atoms with van der Waals surface area (Å²) in [6, 6.07) is 3.40. The van der Waals surface area contributed by atoms with Gasteiger partial charge in [0.25, 0.3) is 0 Å². The second-order valence-corrected chi connectivity index (χ2v) is 3.08. The van der Waals surface area contributed by atoms with E-state index in [1.807, 2.05) is 0 Å². The molecule has 0 aliphatic carbocycles. The van der Waals surface area contributed by atoms with Crippen molar-refractivity contribution < 1.29 is 4.79 Å². The molecule has 2 aromatic heterocycles. The molecule has 2 aromatic rings. The van der Waals surface area contributed by atoms with E-state index in [0.717, 1.165) is 0 Å². The molecular weight excluding hydrogens is 208 g/mol. The van der Waals surface area contributed by atoms with Crippen LogP contribution in [-0.4, -0.2) is 25.7 Å². The van der Waals surface area contributed by atoms with Crippen LogP contribution >= 0.6 is 0 Å². The molecule has 2 heterocycles. The van der Waals surface area contributed by atoms with E-state index in [0.29, 0.717) is 5.69 Å². The Balaban J connectivity index is 1.95. The average molecular weight is 218 g/mol. The highest BCUT2D eigenvalue weighted by atomic mass is 16.2. The number of nitrogen functional groups attached to an aromatic ring is 1. The zero-order valence-corrected chi connectivity index (χ0v) is 8.37. The summed E-state index contributed by atoms with van der Waals surface area (Å²) >= 11 is 0. The number of hydrogen-bond donors (Lipinski definition) is 2. The lowest BCUT2D eigenvalue weighted by Crippen LogP contribution is -2.19. The molecule has 0 unspecified atom stereocenters. The van der Waals surface area contributed by atoms with Crippen LogP contribution in [0.25, 0.3) is 0 Å². The Hall–Kier alpha value is -2.44. The average Bonchev–Trinajstić information content (AvgIpc) is 2.65. The van der Waals surface area contributed by atoms with Crippen LogP contribution in [0.2, 0.25) is 0 Å². The largest absolute Gasteiger partial charge is 0.367 e. The van der Waals surface area contributed by atoms with Crippen LogP contribution in [0.3, 0.4) is 0 Å². The molecule has 0 atom stereocenters. The standard InChI is InChI=1S/C9H10N6O/c10-9-12-6-15(14-9)5-8(16)13-7-1-3-11-4-2-7/h1-4,6H,5H2,(H2,10,14)(H,11,13,16). The molecule has 7 nitrogen and oxygen atoms in total. The van der Waals surface area contributed by atoms with Crippen LogP contribution < -0.4 is 11.1 Å². The minimum Gasteiger partial charge on any atom is -0.367 e. The lowest BCUT2D eigenvalue weighted by Gasteiger charge is -2.03. The normalized spacial score (nSPS) is 10.0. The summed E-state index contributed by atoms with van der Waals surface area (Å²) in [6.45, 7) is 0.0759. The van der Waals surface area contributed by atoms with Crippen LogP contribution in [0, 0.1) is 0 Å². The number of amides is 1. The van der Waals surface area contributed by atoms with Crippen molar-refractivity contribution in [3.8, 4) is 0 Å². The maximum Gasteiger partial charge on any atom is 0.246 e. The van der Waals surface area contributed by atoms with E-state index in [1.165, 1.54) is 11.0 Å². The number of carbonyl (C=O) groups is 1. The summed E-state index contributed by atoms with van der Waals surface area (Å²) in [7, 11) is 0. The predicted molar refractivity (Wildman–Crippen MR) is 57.3 cm³/mol. The lowest BCUT2D eigenvalue weighted by atomic mass is 10.4. The molecule has 0 saturated heterocycles. The van der Waals surface area contributed by atoms with Gasteiger partial charge in [-0.25, -0.2) is 9.67 Å². The molecule has 0 spiro atoms. The maximum absolute atomic E-state index is 11.5. The Morgan fingerprint density at radius 3 is 2.81 bits per heavy atom. The molecule has 0 aromatic carbocycles. The number of rotatable bonds is 3. The van der Waals surface area contributed by atoms with Gasteiger partial charge in [-0.2, -0.15) is 0 Å². The van der Waals surface area contributed by atoms with Crippen LogP contribution in [0.1, 0.15) is 0 Å². The third-order valence-electron chi connectivity index (χ3n) is 1.82. The second-order valence-electron chi connectivity index (χ2n) is 3.08. The number of anilines is 2. The lowest BCUT2D eigenvalue weighted by molar-refractivity contribution is -0.116. The zero-order chi connectivity index (χ0) is 11.4. The van der Waals surface area contributed by atoms with Crippen molar-refractivity contribution >= 4 is 17.5 Å². The highest BCUT2D eigenvalue weighted by molar-refractivity contribution is 5.90. The summed E-state index contributed by atoms with van der Waals surface area (Å²) < 4.78 is 1.37. The number of carbonyl (C=O) groups excluding carboxylic acids is 1. The number of nitrogens with two attached hydrogens (primary N) is 1. The van der Waals surface area contributed by atoms with E-state index in [1.54, 1.807) is 24.5 Å². The van der Waals surface area contributed by atoms with E-state index in [2.05, 4.69) is 20.4 Å². The summed E-state index contributed by atoms with van der Waals surface area (Å²) in [5.74, 6) is -0.0483. The van der Waals surface area contributed by atoms with Crippen molar-refractivity contribution in [2.45, 2.75) is 6.54 Å². The van der Waals surface area contributed by atoms with E-state index in [-0.39, 0.29) is 18.4 Å². The van der Waals surface area contributed by atoms with Gasteiger partial charge in [0, 0.05) is 18.1 Å². The Labute approximate surface area is 91.3 Å². The topological polar surface area (TPSA) is 98.7 Å². The number of hydrogen-bond acceptors (Lipinski definition) is 5. The first kappa shape index (κ1) is 10.1. The Morgan fingerprint density at radius 2 is 2.19 bits per heavy atom. The van der Waals surface area contributed by atoms with Crippen LogP contribution in [-0.2, 0) is 11.3 Å². The van der Waals surface area contributed by atoms with Gasteiger partial charge in [0.05, 0.1) is 0 Å². The Morgan fingerprint density at radius 1 is 1.44 bits per heavy atom. The molecule has 0 bridgehead atoms. The van der Waals surface area contributed by atoms with Crippen molar-refractivity contribution in [3.63, 3.8) is 0 Å². The van der Waals surface area contributed by atoms with Crippen molar-refractivity contribution in [3.05, 3.63) is 30.9 Å². The van der Waals surface area contributed by atoms with Gasteiger partial charge >= 0.3 is 0 Å². The van der Waals surface area contributed by atoms with Gasteiger partial charge in [0.15, 0.2) is 0 Å². The summed E-state index contributed by atoms with van der Waals surface area (Å²) in [4.78, 5) is 19.1. The molecule has 16 heavy (non-hydrogen) atoms. The van der Waals surface area contributed by atoms with Crippen LogP contribution in [0.5, 0.6) is 0 Å². The van der Waals surface area contributed by atoms with E-state index in [9.17, 15) is 4.79 Å². The van der Waals surface area contributed by atoms with Crippen molar-refractivity contribution in [2.24, 2.45) is 0 Å². The SMILES string of the molecule is Nc1ncn(CC(=O)Nc2ccncc2)n1. The smallest absolute Gasteiger partial charge is 0.246 e. The third-order valence-corrected chi connectivity index (χ3v) is 1.82. The second kappa shape index (κ2) is 4.39. The van der Waals surface area contributed by atoms with Gasteiger partial charge in [0.2, 0.25) is 11.9 Å². The Bertz CT molecular complexity index is 480. The summed E-state index contributed by atoms with van der Waals surface area (Å²) in [5, 5.41) is 6.49. The fourth-order valence-electron chi connectivity index (χ4n) is 1.17. The van der Waals surface area contributed by atoms with Crippen LogP contribution in [0.15, 0.2) is 30.9 Å². The van der Waals surface area contributed by atoms with Gasteiger partial charge < -0.3 is 11.1 Å². The molecule has 2 rings (SSSR count). The number of nitrogens with one attached hydrogen (secondary N) is 1. The van der Waals surface area contributed by atoms with Crippen molar-refractivity contribution in [2.75, 3.05) is 11.1 Å². The highest BCUT2D eigenvalue weighted by Gasteiger charge is 2.04. The van der Waals surface area contributed by atoms with Gasteiger partial charge in [-0.05, 0) is 12.1 Å². The molecule has 0 saturated carbocycles. The van der Waals surface area contributed by atoms with E-state index < -0.39 is 0 Å². The predicted octanol–water partition coefficient (Wildman–Crippen LogP) is -0.106. The van der Waals surface area contributed by atoms with Crippen LogP contribution in [0.4, 0.5) is 11.6 Å². The molecule has 1 amide bonds. The molecule has 7 heteroatoms. The number of aromatic nitrogens is 4. The highest BCUT2D eigenvalue weighted by Crippen LogP contribution is 2.03. The van der Waals surface area contributed by atoms with Crippen molar-refractivity contribution in [1.29, 1.82) is 0 Å². The fourth-order valence-corrected chi connectivity index (χ4v) is 1.17. The van der Waals surface area contributed by atoms with E-state index >= 15 is 0 Å². The number of nitrogens with zero attached hydrogens (tertiary/aromatic N) is 4. The minimum atomic E-state index is -0.198. The van der Waals surface area contributed by atoms with Gasteiger partial charge in [-0.15, -0.1) is 5.10 Å². The molecule has 0 fully saturated rings. The summed E-state index contributed by atoms with van der Waals surface area (Å²) in [5.41, 5.74) is 6.01.